The molecule has 3 aromatic rings. The summed E-state index contributed by atoms with van der Waals surface area (Å²) in [6.07, 6.45) is 8.16. The molecule has 1 aromatic carbocycles. The third kappa shape index (κ3) is 4.69. The molecule has 2 atom stereocenters. The van der Waals surface area contributed by atoms with E-state index in [1.165, 1.54) is 5.56 Å². The molecule has 0 saturated carbocycles. The van der Waals surface area contributed by atoms with E-state index in [-0.39, 0.29) is 23.4 Å². The third-order valence-electron chi connectivity index (χ3n) is 5.88. The van der Waals surface area contributed by atoms with E-state index in [1.807, 2.05) is 41.3 Å². The van der Waals surface area contributed by atoms with Gasteiger partial charge in [0, 0.05) is 62.2 Å². The van der Waals surface area contributed by atoms with E-state index < -0.39 is 0 Å². The first-order valence-electron chi connectivity index (χ1n) is 10.8. The number of pyridine rings is 1. The highest BCUT2D eigenvalue weighted by Crippen LogP contribution is 2.42. The minimum absolute atomic E-state index is 0.0374. The summed E-state index contributed by atoms with van der Waals surface area (Å²) in [6.45, 7) is 7.85. The fourth-order valence-corrected chi connectivity index (χ4v) is 4.59. The van der Waals surface area contributed by atoms with Gasteiger partial charge in [-0.2, -0.15) is 5.10 Å². The molecule has 1 fully saturated rings. The Labute approximate surface area is 184 Å². The number of hydrogen-bond acceptors (Lipinski definition) is 4. The monoisotopic (exact) mass is 417 g/mol. The normalized spacial score (nSPS) is 19.2. The van der Waals surface area contributed by atoms with Crippen molar-refractivity contribution in [1.82, 2.24) is 25.0 Å². The zero-order valence-electron chi connectivity index (χ0n) is 18.7. The predicted octanol–water partition coefficient (Wildman–Crippen LogP) is 3.96. The highest BCUT2D eigenvalue weighted by molar-refractivity contribution is 5.80. The lowest BCUT2D eigenvalue weighted by atomic mass is 9.93. The van der Waals surface area contributed by atoms with Crippen LogP contribution in [0.1, 0.15) is 44.4 Å². The van der Waals surface area contributed by atoms with Crippen molar-refractivity contribution < 1.29 is 4.79 Å². The van der Waals surface area contributed by atoms with Crippen LogP contribution in [0.2, 0.25) is 0 Å². The number of carbonyl (C=O) groups excluding carboxylic acids is 1. The molecule has 3 heterocycles. The number of carbonyl (C=O) groups is 1. The molecule has 6 nitrogen and oxygen atoms in total. The fourth-order valence-electron chi connectivity index (χ4n) is 4.59. The van der Waals surface area contributed by atoms with Crippen LogP contribution >= 0.6 is 0 Å². The largest absolute Gasteiger partial charge is 0.330 e. The number of aromatic nitrogens is 3. The number of benzene rings is 1. The maximum atomic E-state index is 12.9. The molecule has 0 aliphatic carbocycles. The van der Waals surface area contributed by atoms with Gasteiger partial charge in [-0.3, -0.25) is 14.5 Å². The summed E-state index contributed by atoms with van der Waals surface area (Å²) >= 11 is 0. The SMILES string of the molecule is Cn1cc([C@H]2[C@H](CNCc3cccc(-c4cccnc4)c3)CC(=O)N2C(C)(C)C)cn1. The van der Waals surface area contributed by atoms with E-state index in [9.17, 15) is 4.79 Å². The molecule has 1 amide bonds. The van der Waals surface area contributed by atoms with Gasteiger partial charge in [0.15, 0.2) is 0 Å². The molecule has 1 N–H and O–H groups in total. The summed E-state index contributed by atoms with van der Waals surface area (Å²) in [6, 6.07) is 12.6. The summed E-state index contributed by atoms with van der Waals surface area (Å²) in [4.78, 5) is 19.2. The van der Waals surface area contributed by atoms with Crippen molar-refractivity contribution in [1.29, 1.82) is 0 Å². The minimum Gasteiger partial charge on any atom is -0.330 e. The summed E-state index contributed by atoms with van der Waals surface area (Å²) in [7, 11) is 1.92. The molecule has 162 valence electrons. The molecule has 6 heteroatoms. The molecular formula is C25H31N5O. The Morgan fingerprint density at radius 1 is 1.13 bits per heavy atom. The van der Waals surface area contributed by atoms with Crippen molar-refractivity contribution in [3.05, 3.63) is 72.3 Å². The van der Waals surface area contributed by atoms with Crippen LogP contribution in [0.15, 0.2) is 61.2 Å². The Balaban J connectivity index is 1.47. The molecular weight excluding hydrogens is 386 g/mol. The topological polar surface area (TPSA) is 63.1 Å². The molecule has 2 aromatic heterocycles. The Bertz CT molecular complexity index is 1040. The molecule has 0 spiro atoms. The van der Waals surface area contributed by atoms with Gasteiger partial charge < -0.3 is 10.2 Å². The van der Waals surface area contributed by atoms with Crippen LogP contribution in [0.5, 0.6) is 0 Å². The van der Waals surface area contributed by atoms with Crippen LogP contribution < -0.4 is 5.32 Å². The second kappa shape index (κ2) is 8.63. The number of nitrogens with one attached hydrogen (secondary N) is 1. The van der Waals surface area contributed by atoms with Crippen LogP contribution in [-0.2, 0) is 18.4 Å². The van der Waals surface area contributed by atoms with Crippen molar-refractivity contribution in [2.45, 2.75) is 45.3 Å². The zero-order valence-corrected chi connectivity index (χ0v) is 18.7. The van der Waals surface area contributed by atoms with Gasteiger partial charge in [0.2, 0.25) is 5.91 Å². The number of hydrogen-bond donors (Lipinski definition) is 1. The number of amides is 1. The first-order valence-corrected chi connectivity index (χ1v) is 10.8. The summed E-state index contributed by atoms with van der Waals surface area (Å²) in [5.74, 6) is 0.421. The molecule has 0 bridgehead atoms. The van der Waals surface area contributed by atoms with Gasteiger partial charge in [-0.05, 0) is 49.6 Å². The second-order valence-electron chi connectivity index (χ2n) is 9.36. The van der Waals surface area contributed by atoms with E-state index in [0.29, 0.717) is 6.42 Å². The van der Waals surface area contributed by atoms with Gasteiger partial charge in [0.05, 0.1) is 12.2 Å². The Morgan fingerprint density at radius 3 is 2.61 bits per heavy atom. The van der Waals surface area contributed by atoms with Crippen LogP contribution in [0.3, 0.4) is 0 Å². The number of rotatable bonds is 6. The molecule has 1 saturated heterocycles. The molecule has 0 unspecified atom stereocenters. The number of aryl methyl sites for hydroxylation is 1. The standard InChI is InChI=1S/C25H31N5O/c1-25(2,3)30-23(31)12-21(24(30)22-16-28-29(4)17-22)15-27-13-18-7-5-8-19(11-18)20-9-6-10-26-14-20/h5-11,14,16-17,21,24,27H,12-13,15H2,1-4H3/t21-,24+/m0/s1. The highest BCUT2D eigenvalue weighted by Gasteiger charge is 2.45. The van der Waals surface area contributed by atoms with Crippen LogP contribution in [0.4, 0.5) is 0 Å². The van der Waals surface area contributed by atoms with Gasteiger partial charge in [-0.15, -0.1) is 0 Å². The smallest absolute Gasteiger partial charge is 0.223 e. The summed E-state index contributed by atoms with van der Waals surface area (Å²) in [5.41, 5.74) is 4.37. The van der Waals surface area contributed by atoms with Gasteiger partial charge in [0.1, 0.15) is 0 Å². The molecule has 1 aliphatic heterocycles. The van der Waals surface area contributed by atoms with Crippen LogP contribution in [0, 0.1) is 5.92 Å². The van der Waals surface area contributed by atoms with Crippen molar-refractivity contribution in [2.24, 2.45) is 13.0 Å². The first-order chi connectivity index (χ1) is 14.8. The van der Waals surface area contributed by atoms with Crippen molar-refractivity contribution in [3.63, 3.8) is 0 Å². The maximum Gasteiger partial charge on any atom is 0.223 e. The predicted molar refractivity (Wildman–Crippen MR) is 122 cm³/mol. The molecule has 0 radical (unpaired) electrons. The van der Waals surface area contributed by atoms with Gasteiger partial charge in [-0.1, -0.05) is 24.3 Å². The molecule has 4 rings (SSSR count). The van der Waals surface area contributed by atoms with Gasteiger partial charge in [0.25, 0.3) is 0 Å². The third-order valence-corrected chi connectivity index (χ3v) is 5.88. The number of nitrogens with zero attached hydrogens (tertiary/aromatic N) is 4. The maximum absolute atomic E-state index is 12.9. The minimum atomic E-state index is -0.232. The molecule has 31 heavy (non-hydrogen) atoms. The van der Waals surface area contributed by atoms with Gasteiger partial charge in [-0.25, -0.2) is 0 Å². The average molecular weight is 418 g/mol. The van der Waals surface area contributed by atoms with Crippen molar-refractivity contribution >= 4 is 5.91 Å². The van der Waals surface area contributed by atoms with Gasteiger partial charge >= 0.3 is 0 Å². The van der Waals surface area contributed by atoms with Crippen LogP contribution in [0.25, 0.3) is 11.1 Å². The Hall–Kier alpha value is -2.99. The first kappa shape index (κ1) is 21.2. The molecule has 1 aliphatic rings. The van der Waals surface area contributed by atoms with E-state index in [0.717, 1.165) is 29.8 Å². The van der Waals surface area contributed by atoms with Crippen molar-refractivity contribution in [2.75, 3.05) is 6.54 Å². The summed E-state index contributed by atoms with van der Waals surface area (Å²) in [5, 5.41) is 7.96. The van der Waals surface area contributed by atoms with E-state index >= 15 is 0 Å². The highest BCUT2D eigenvalue weighted by atomic mass is 16.2. The summed E-state index contributed by atoms with van der Waals surface area (Å²) < 4.78 is 1.81. The zero-order chi connectivity index (χ0) is 22.0. The van der Waals surface area contributed by atoms with Crippen molar-refractivity contribution in [3.8, 4) is 11.1 Å². The quantitative estimate of drug-likeness (QED) is 0.659. The Morgan fingerprint density at radius 2 is 1.94 bits per heavy atom. The fraction of sp³-hybridized carbons (Fsp3) is 0.400. The van der Waals surface area contributed by atoms with Crippen LogP contribution in [-0.4, -0.2) is 37.7 Å². The second-order valence-corrected chi connectivity index (χ2v) is 9.36. The Kier molecular flexibility index (Phi) is 5.92. The average Bonchev–Trinajstić information content (AvgIpc) is 3.31. The van der Waals surface area contributed by atoms with E-state index in [1.54, 1.807) is 6.20 Å². The van der Waals surface area contributed by atoms with E-state index in [2.05, 4.69) is 66.5 Å². The lowest BCUT2D eigenvalue weighted by molar-refractivity contribution is -0.133. The lowest BCUT2D eigenvalue weighted by Gasteiger charge is -2.38. The van der Waals surface area contributed by atoms with E-state index in [4.69, 9.17) is 0 Å². The lowest BCUT2D eigenvalue weighted by Crippen LogP contribution is -2.44. The number of likely N-dealkylation sites (tertiary alicyclic amines) is 1.